The molecule has 0 spiro atoms. The number of nitrogen functional groups attached to an aromatic ring is 2. The number of hydrogen-bond acceptors (Lipinski definition) is 4. The number of rotatable bonds is 7. The quantitative estimate of drug-likeness (QED) is 0.246. The summed E-state index contributed by atoms with van der Waals surface area (Å²) in [5.41, 5.74) is 15.6. The van der Waals surface area contributed by atoms with Gasteiger partial charge in [0.15, 0.2) is 0 Å². The molecule has 0 amide bonds. The minimum atomic E-state index is -0.306. The van der Waals surface area contributed by atoms with E-state index in [0.717, 1.165) is 35.8 Å². The van der Waals surface area contributed by atoms with Crippen LogP contribution < -0.4 is 20.9 Å². The van der Waals surface area contributed by atoms with E-state index in [4.69, 9.17) is 20.9 Å². The Morgan fingerprint density at radius 1 is 0.684 bits per heavy atom. The van der Waals surface area contributed by atoms with Crippen molar-refractivity contribution in [3.8, 4) is 23.0 Å². The maximum atomic E-state index is 6.59. The van der Waals surface area contributed by atoms with E-state index < -0.39 is 0 Å². The number of ether oxygens (including phenoxy) is 2. The van der Waals surface area contributed by atoms with Crippen LogP contribution in [0.5, 0.6) is 23.0 Å². The van der Waals surface area contributed by atoms with E-state index in [1.165, 1.54) is 17.5 Å². The van der Waals surface area contributed by atoms with Gasteiger partial charge in [0.05, 0.1) is 0 Å². The molecule has 2 atom stereocenters. The van der Waals surface area contributed by atoms with Crippen molar-refractivity contribution in [1.29, 1.82) is 0 Å². The highest BCUT2D eigenvalue weighted by atomic mass is 16.5. The molecule has 0 saturated heterocycles. The molecule has 4 nitrogen and oxygen atoms in total. The van der Waals surface area contributed by atoms with Crippen molar-refractivity contribution in [2.24, 2.45) is 17.8 Å². The third-order valence-corrected chi connectivity index (χ3v) is 7.99. The molecule has 0 aliphatic heterocycles. The van der Waals surface area contributed by atoms with Gasteiger partial charge in [-0.25, -0.2) is 0 Å². The largest absolute Gasteiger partial charge is 0.457 e. The van der Waals surface area contributed by atoms with Crippen LogP contribution in [0.2, 0.25) is 0 Å². The van der Waals surface area contributed by atoms with Crippen molar-refractivity contribution in [3.63, 3.8) is 0 Å². The Bertz CT molecular complexity index is 1310. The molecule has 196 valence electrons. The highest BCUT2D eigenvalue weighted by molar-refractivity contribution is 5.56. The molecular formula is C34H38N2O2. The van der Waals surface area contributed by atoms with E-state index in [1.54, 1.807) is 0 Å². The van der Waals surface area contributed by atoms with Crippen molar-refractivity contribution >= 4 is 11.4 Å². The Hall–Kier alpha value is -3.92. The number of anilines is 2. The summed E-state index contributed by atoms with van der Waals surface area (Å²) in [6.45, 7) is 7.06. The molecule has 0 radical (unpaired) electrons. The van der Waals surface area contributed by atoms with Crippen LogP contribution in [0.4, 0.5) is 11.4 Å². The maximum Gasteiger partial charge on any atom is 0.131 e. The number of nitrogens with two attached hydrogens (primary N) is 2. The first-order valence-corrected chi connectivity index (χ1v) is 13.6. The lowest BCUT2D eigenvalue weighted by molar-refractivity contribution is 0.131. The van der Waals surface area contributed by atoms with Crippen molar-refractivity contribution in [2.45, 2.75) is 45.4 Å². The number of hydrogen-bond donors (Lipinski definition) is 2. The average molecular weight is 507 g/mol. The predicted molar refractivity (Wildman–Crippen MR) is 157 cm³/mol. The van der Waals surface area contributed by atoms with Crippen LogP contribution in [0.15, 0.2) is 97.1 Å². The van der Waals surface area contributed by atoms with Gasteiger partial charge in [-0.2, -0.15) is 0 Å². The van der Waals surface area contributed by atoms with E-state index in [0.29, 0.717) is 29.1 Å². The van der Waals surface area contributed by atoms with Gasteiger partial charge in [-0.1, -0.05) is 75.7 Å². The molecule has 4 N–H and O–H groups in total. The van der Waals surface area contributed by atoms with Crippen LogP contribution in [0.3, 0.4) is 0 Å². The Kier molecular flexibility index (Phi) is 7.33. The second kappa shape index (κ2) is 10.8. The molecule has 4 aromatic carbocycles. The van der Waals surface area contributed by atoms with Gasteiger partial charge in [0, 0.05) is 40.0 Å². The first-order chi connectivity index (χ1) is 18.4. The smallest absolute Gasteiger partial charge is 0.131 e. The summed E-state index contributed by atoms with van der Waals surface area (Å²) in [5.74, 6) is 4.60. The Morgan fingerprint density at radius 3 is 1.66 bits per heavy atom. The Morgan fingerprint density at radius 2 is 1.18 bits per heavy atom. The molecule has 2 unspecified atom stereocenters. The van der Waals surface area contributed by atoms with E-state index >= 15 is 0 Å². The normalized spacial score (nSPS) is 18.7. The van der Waals surface area contributed by atoms with E-state index in [9.17, 15) is 0 Å². The van der Waals surface area contributed by atoms with Crippen LogP contribution in [0, 0.1) is 17.8 Å². The fourth-order valence-corrected chi connectivity index (χ4v) is 6.44. The highest BCUT2D eigenvalue weighted by Crippen LogP contribution is 2.57. The summed E-state index contributed by atoms with van der Waals surface area (Å²) in [5, 5.41) is 0. The van der Waals surface area contributed by atoms with Gasteiger partial charge in [0.1, 0.15) is 23.0 Å². The first-order valence-electron chi connectivity index (χ1n) is 13.6. The molecule has 38 heavy (non-hydrogen) atoms. The van der Waals surface area contributed by atoms with E-state index in [-0.39, 0.29) is 5.41 Å². The summed E-state index contributed by atoms with van der Waals surface area (Å²) in [6, 6.07) is 32.3. The second-order valence-electron chi connectivity index (χ2n) is 11.0. The molecule has 4 aromatic rings. The Labute approximate surface area is 226 Å². The third kappa shape index (κ3) is 5.08. The summed E-state index contributed by atoms with van der Waals surface area (Å²) < 4.78 is 13.2. The first kappa shape index (κ1) is 25.7. The summed E-state index contributed by atoms with van der Waals surface area (Å²) in [4.78, 5) is 0. The van der Waals surface area contributed by atoms with Crippen molar-refractivity contribution in [2.75, 3.05) is 11.5 Å². The monoisotopic (exact) mass is 506 g/mol. The van der Waals surface area contributed by atoms with Gasteiger partial charge < -0.3 is 20.9 Å². The van der Waals surface area contributed by atoms with Crippen molar-refractivity contribution in [3.05, 3.63) is 108 Å². The van der Waals surface area contributed by atoms with Gasteiger partial charge in [-0.05, 0) is 67.0 Å². The molecule has 0 heterocycles. The molecule has 0 aromatic heterocycles. The summed E-state index contributed by atoms with van der Waals surface area (Å²) in [6.07, 6.45) is 3.35. The number of benzene rings is 4. The van der Waals surface area contributed by atoms with Gasteiger partial charge in [-0.3, -0.25) is 0 Å². The average Bonchev–Trinajstić information content (AvgIpc) is 2.89. The molecule has 4 heteroatoms. The standard InChI is InChI=1S/C34H38N2O2/c1-23(2)29-19-18-24(3)22-34(29,30-14-4-6-16-32(30)37-27-12-8-10-25(35)20-27)31-15-5-7-17-33(31)38-28-13-9-11-26(36)21-28/h4-17,20-21,23-24,29H,18-19,22,35-36H2,1-3H3. The fourth-order valence-electron chi connectivity index (χ4n) is 6.44. The molecule has 5 rings (SSSR count). The zero-order valence-electron chi connectivity index (χ0n) is 22.6. The molecule has 1 saturated carbocycles. The molecule has 1 aliphatic carbocycles. The van der Waals surface area contributed by atoms with Crippen molar-refractivity contribution < 1.29 is 9.47 Å². The SMILES string of the molecule is CC1CCC(C(C)C)C(c2ccccc2Oc2cccc(N)c2)(c2ccccc2Oc2cccc(N)c2)C1. The van der Waals surface area contributed by atoms with Crippen LogP contribution in [0.1, 0.15) is 51.2 Å². The number of para-hydroxylation sites is 2. The second-order valence-corrected chi connectivity index (χ2v) is 11.0. The minimum Gasteiger partial charge on any atom is -0.457 e. The van der Waals surface area contributed by atoms with Gasteiger partial charge in [0.2, 0.25) is 0 Å². The van der Waals surface area contributed by atoms with Crippen LogP contribution in [0.25, 0.3) is 0 Å². The topological polar surface area (TPSA) is 70.5 Å². The molecule has 1 fully saturated rings. The van der Waals surface area contributed by atoms with Crippen LogP contribution >= 0.6 is 0 Å². The van der Waals surface area contributed by atoms with Gasteiger partial charge in [-0.15, -0.1) is 0 Å². The van der Waals surface area contributed by atoms with Gasteiger partial charge >= 0.3 is 0 Å². The molecule has 0 bridgehead atoms. The van der Waals surface area contributed by atoms with E-state index in [1.807, 2.05) is 60.7 Å². The maximum absolute atomic E-state index is 6.59. The zero-order chi connectivity index (χ0) is 26.7. The molecular weight excluding hydrogens is 468 g/mol. The predicted octanol–water partition coefficient (Wildman–Crippen LogP) is 8.81. The van der Waals surface area contributed by atoms with Crippen LogP contribution in [-0.4, -0.2) is 0 Å². The van der Waals surface area contributed by atoms with Crippen molar-refractivity contribution in [1.82, 2.24) is 0 Å². The van der Waals surface area contributed by atoms with E-state index in [2.05, 4.69) is 57.2 Å². The lowest BCUT2D eigenvalue weighted by atomic mass is 9.54. The third-order valence-electron chi connectivity index (χ3n) is 7.99. The van der Waals surface area contributed by atoms with Crippen LogP contribution in [-0.2, 0) is 5.41 Å². The summed E-state index contributed by atoms with van der Waals surface area (Å²) in [7, 11) is 0. The Balaban J connectivity index is 1.72. The lowest BCUT2D eigenvalue weighted by Gasteiger charge is -2.50. The zero-order valence-corrected chi connectivity index (χ0v) is 22.6. The lowest BCUT2D eigenvalue weighted by Crippen LogP contribution is -2.44. The minimum absolute atomic E-state index is 0.306. The summed E-state index contributed by atoms with van der Waals surface area (Å²) >= 11 is 0. The highest BCUT2D eigenvalue weighted by Gasteiger charge is 2.49. The van der Waals surface area contributed by atoms with Gasteiger partial charge in [0.25, 0.3) is 0 Å². The molecule has 1 aliphatic rings. The fraction of sp³-hybridized carbons (Fsp3) is 0.294.